The number of halogens is 1. The highest BCUT2D eigenvalue weighted by Gasteiger charge is 2.22. The summed E-state index contributed by atoms with van der Waals surface area (Å²) in [6, 6.07) is 15.0. The second-order valence-corrected chi connectivity index (χ2v) is 7.24. The maximum atomic E-state index is 13.3. The SMILES string of the molecule is CC(c1ccccc1-c1ccc(F)cc1)n1cncc1CN1CCC(O)C1. The highest BCUT2D eigenvalue weighted by molar-refractivity contribution is 5.68. The van der Waals surface area contributed by atoms with Crippen LogP contribution in [-0.2, 0) is 6.54 Å². The Morgan fingerprint density at radius 1 is 1.19 bits per heavy atom. The average Bonchev–Trinajstić information content (AvgIpc) is 3.31. The Balaban J connectivity index is 1.63. The van der Waals surface area contributed by atoms with E-state index in [0.717, 1.165) is 36.3 Å². The third-order valence-electron chi connectivity index (χ3n) is 5.36. The van der Waals surface area contributed by atoms with E-state index in [2.05, 4.69) is 33.5 Å². The molecule has 27 heavy (non-hydrogen) atoms. The van der Waals surface area contributed by atoms with Crippen molar-refractivity contribution >= 4 is 0 Å². The first-order valence-electron chi connectivity index (χ1n) is 9.38. The summed E-state index contributed by atoms with van der Waals surface area (Å²) in [5, 5.41) is 9.78. The van der Waals surface area contributed by atoms with E-state index < -0.39 is 0 Å². The summed E-state index contributed by atoms with van der Waals surface area (Å²) in [6.45, 7) is 4.56. The quantitative estimate of drug-likeness (QED) is 0.746. The number of aromatic nitrogens is 2. The van der Waals surface area contributed by atoms with Gasteiger partial charge in [0, 0.05) is 25.8 Å². The average molecular weight is 365 g/mol. The fraction of sp³-hybridized carbons (Fsp3) is 0.318. The molecule has 4 nitrogen and oxygen atoms in total. The third kappa shape index (κ3) is 3.80. The molecule has 1 N–H and O–H groups in total. The summed E-state index contributed by atoms with van der Waals surface area (Å²) in [6.07, 6.45) is 4.38. The van der Waals surface area contributed by atoms with E-state index in [1.165, 1.54) is 17.7 Å². The fourth-order valence-corrected chi connectivity index (χ4v) is 3.89. The van der Waals surface area contributed by atoms with Gasteiger partial charge in [-0.15, -0.1) is 0 Å². The molecule has 2 heterocycles. The number of benzene rings is 2. The van der Waals surface area contributed by atoms with Crippen molar-refractivity contribution < 1.29 is 9.50 Å². The van der Waals surface area contributed by atoms with E-state index >= 15 is 0 Å². The maximum absolute atomic E-state index is 13.3. The van der Waals surface area contributed by atoms with Crippen LogP contribution in [0.5, 0.6) is 0 Å². The molecule has 0 saturated carbocycles. The number of aliphatic hydroxyl groups excluding tert-OH is 1. The first-order valence-corrected chi connectivity index (χ1v) is 9.38. The molecule has 5 heteroatoms. The second-order valence-electron chi connectivity index (χ2n) is 7.24. The molecule has 0 radical (unpaired) electrons. The van der Waals surface area contributed by atoms with Crippen LogP contribution in [-0.4, -0.2) is 38.8 Å². The van der Waals surface area contributed by atoms with Crippen LogP contribution in [0.15, 0.2) is 61.1 Å². The summed E-state index contributed by atoms with van der Waals surface area (Å²) in [5.41, 5.74) is 4.40. The monoisotopic (exact) mass is 365 g/mol. The number of β-amino-alcohol motifs (C(OH)–C–C–N with tert-alkyl or cyclic N) is 1. The van der Waals surface area contributed by atoms with Crippen molar-refractivity contribution in [3.8, 4) is 11.1 Å². The number of aliphatic hydroxyl groups is 1. The van der Waals surface area contributed by atoms with Crippen molar-refractivity contribution in [3.05, 3.63) is 78.1 Å². The molecule has 1 fully saturated rings. The normalized spacial score (nSPS) is 18.7. The molecule has 0 amide bonds. The van der Waals surface area contributed by atoms with Gasteiger partial charge in [-0.2, -0.15) is 0 Å². The lowest BCUT2D eigenvalue weighted by Gasteiger charge is -2.22. The summed E-state index contributed by atoms with van der Waals surface area (Å²) in [7, 11) is 0. The van der Waals surface area contributed by atoms with Crippen LogP contribution < -0.4 is 0 Å². The Kier molecular flexibility index (Phi) is 5.05. The molecule has 0 spiro atoms. The lowest BCUT2D eigenvalue weighted by Crippen LogP contribution is -2.23. The lowest BCUT2D eigenvalue weighted by atomic mass is 9.95. The maximum Gasteiger partial charge on any atom is 0.123 e. The van der Waals surface area contributed by atoms with Gasteiger partial charge in [-0.3, -0.25) is 4.90 Å². The number of likely N-dealkylation sites (tertiary alicyclic amines) is 1. The van der Waals surface area contributed by atoms with Crippen LogP contribution in [0.25, 0.3) is 11.1 Å². The lowest BCUT2D eigenvalue weighted by molar-refractivity contribution is 0.174. The fourth-order valence-electron chi connectivity index (χ4n) is 3.89. The van der Waals surface area contributed by atoms with Crippen LogP contribution in [0.1, 0.15) is 30.6 Å². The predicted molar refractivity (Wildman–Crippen MR) is 104 cm³/mol. The van der Waals surface area contributed by atoms with Gasteiger partial charge in [0.2, 0.25) is 0 Å². The smallest absolute Gasteiger partial charge is 0.123 e. The van der Waals surface area contributed by atoms with Crippen molar-refractivity contribution in [2.45, 2.75) is 32.0 Å². The molecule has 2 unspecified atom stereocenters. The zero-order valence-corrected chi connectivity index (χ0v) is 15.4. The van der Waals surface area contributed by atoms with E-state index in [4.69, 9.17) is 0 Å². The minimum absolute atomic E-state index is 0.0938. The van der Waals surface area contributed by atoms with E-state index in [-0.39, 0.29) is 18.0 Å². The van der Waals surface area contributed by atoms with E-state index in [1.54, 1.807) is 0 Å². The van der Waals surface area contributed by atoms with Crippen LogP contribution in [0.4, 0.5) is 4.39 Å². The first kappa shape index (κ1) is 17.9. The van der Waals surface area contributed by atoms with Gasteiger partial charge in [0.25, 0.3) is 0 Å². The molecule has 2 atom stereocenters. The van der Waals surface area contributed by atoms with Gasteiger partial charge in [-0.25, -0.2) is 9.37 Å². The van der Waals surface area contributed by atoms with Crippen LogP contribution in [0.2, 0.25) is 0 Å². The Morgan fingerprint density at radius 3 is 2.70 bits per heavy atom. The number of imidazole rings is 1. The number of nitrogens with zero attached hydrogens (tertiary/aromatic N) is 3. The summed E-state index contributed by atoms with van der Waals surface area (Å²) >= 11 is 0. The Morgan fingerprint density at radius 2 is 1.96 bits per heavy atom. The van der Waals surface area contributed by atoms with Crippen molar-refractivity contribution in [2.75, 3.05) is 13.1 Å². The van der Waals surface area contributed by atoms with Gasteiger partial charge in [0.1, 0.15) is 5.82 Å². The first-order chi connectivity index (χ1) is 13.1. The molecule has 1 aliphatic heterocycles. The second kappa shape index (κ2) is 7.62. The number of hydrogen-bond acceptors (Lipinski definition) is 3. The summed E-state index contributed by atoms with van der Waals surface area (Å²) in [4.78, 5) is 6.63. The highest BCUT2D eigenvalue weighted by atomic mass is 19.1. The van der Waals surface area contributed by atoms with E-state index in [0.29, 0.717) is 6.54 Å². The Hall–Kier alpha value is -2.50. The molecule has 140 valence electrons. The number of rotatable bonds is 5. The van der Waals surface area contributed by atoms with Gasteiger partial charge >= 0.3 is 0 Å². The predicted octanol–water partition coefficient (Wildman–Crippen LogP) is 3.87. The minimum Gasteiger partial charge on any atom is -0.392 e. The van der Waals surface area contributed by atoms with E-state index in [9.17, 15) is 9.50 Å². The zero-order valence-electron chi connectivity index (χ0n) is 15.4. The van der Waals surface area contributed by atoms with Gasteiger partial charge < -0.3 is 9.67 Å². The van der Waals surface area contributed by atoms with Crippen molar-refractivity contribution in [1.82, 2.24) is 14.5 Å². The molecule has 0 aliphatic carbocycles. The number of hydrogen-bond donors (Lipinski definition) is 1. The largest absolute Gasteiger partial charge is 0.392 e. The minimum atomic E-state index is -0.228. The molecule has 4 rings (SSSR count). The van der Waals surface area contributed by atoms with Crippen LogP contribution in [0, 0.1) is 5.82 Å². The molecular formula is C22H24FN3O. The molecule has 0 bridgehead atoms. The molecule has 1 aliphatic rings. The van der Waals surface area contributed by atoms with Crippen molar-refractivity contribution in [1.29, 1.82) is 0 Å². The highest BCUT2D eigenvalue weighted by Crippen LogP contribution is 2.31. The topological polar surface area (TPSA) is 41.3 Å². The van der Waals surface area contributed by atoms with Gasteiger partial charge in [0.15, 0.2) is 0 Å². The Bertz CT molecular complexity index is 906. The standard InChI is InChI=1S/C22H24FN3O/c1-16(26-15-24-12-19(26)13-25-11-10-20(27)14-25)21-4-2-3-5-22(21)17-6-8-18(23)9-7-17/h2-9,12,15-16,20,27H,10-11,13-14H2,1H3. The summed E-state index contributed by atoms with van der Waals surface area (Å²) < 4.78 is 15.5. The van der Waals surface area contributed by atoms with Gasteiger partial charge in [-0.05, 0) is 42.2 Å². The molecular weight excluding hydrogens is 341 g/mol. The van der Waals surface area contributed by atoms with Crippen LogP contribution in [0.3, 0.4) is 0 Å². The Labute approximate surface area is 158 Å². The molecule has 3 aromatic rings. The van der Waals surface area contributed by atoms with Crippen molar-refractivity contribution in [3.63, 3.8) is 0 Å². The third-order valence-corrected chi connectivity index (χ3v) is 5.36. The van der Waals surface area contributed by atoms with Gasteiger partial charge in [-0.1, -0.05) is 36.4 Å². The van der Waals surface area contributed by atoms with Crippen molar-refractivity contribution in [2.24, 2.45) is 0 Å². The molecule has 1 saturated heterocycles. The van der Waals surface area contributed by atoms with Crippen LogP contribution >= 0.6 is 0 Å². The molecule has 2 aromatic carbocycles. The zero-order chi connectivity index (χ0) is 18.8. The summed E-state index contributed by atoms with van der Waals surface area (Å²) in [5.74, 6) is -0.228. The van der Waals surface area contributed by atoms with Gasteiger partial charge in [0.05, 0.1) is 24.2 Å². The molecule has 1 aromatic heterocycles. The van der Waals surface area contributed by atoms with E-state index in [1.807, 2.05) is 36.8 Å².